The van der Waals surface area contributed by atoms with Crippen LogP contribution in [0.4, 0.5) is 0 Å². The van der Waals surface area contributed by atoms with Gasteiger partial charge in [0, 0.05) is 12.0 Å². The normalized spacial score (nSPS) is 17.9. The Morgan fingerprint density at radius 1 is 1.44 bits per heavy atom. The zero-order chi connectivity index (χ0) is 11.4. The van der Waals surface area contributed by atoms with Gasteiger partial charge < -0.3 is 14.8 Å². The van der Waals surface area contributed by atoms with Gasteiger partial charge in [-0.05, 0) is 24.7 Å². The number of ether oxygens (including phenoxy) is 2. The van der Waals surface area contributed by atoms with Crippen molar-refractivity contribution < 1.29 is 9.47 Å². The highest BCUT2D eigenvalue weighted by Gasteiger charge is 2.34. The van der Waals surface area contributed by atoms with Crippen molar-refractivity contribution >= 4 is 0 Å². The molecule has 0 radical (unpaired) electrons. The van der Waals surface area contributed by atoms with Crippen LogP contribution in [0.25, 0.3) is 0 Å². The van der Waals surface area contributed by atoms with Gasteiger partial charge in [0.15, 0.2) is 0 Å². The molecule has 88 valence electrons. The second kappa shape index (κ2) is 4.85. The van der Waals surface area contributed by atoms with Gasteiger partial charge in [0.2, 0.25) is 0 Å². The number of hydrogen-bond donors (Lipinski definition) is 1. The highest BCUT2D eigenvalue weighted by molar-refractivity contribution is 5.28. The predicted octanol–water partition coefficient (Wildman–Crippen LogP) is 1.82. The van der Waals surface area contributed by atoms with Crippen LogP contribution in [-0.4, -0.2) is 26.9 Å². The molecule has 0 aliphatic carbocycles. The van der Waals surface area contributed by atoms with Crippen LogP contribution in [0.2, 0.25) is 0 Å². The first-order valence-corrected chi connectivity index (χ1v) is 5.66. The summed E-state index contributed by atoms with van der Waals surface area (Å²) in [5.41, 5.74) is 1.45. The van der Waals surface area contributed by atoms with E-state index in [9.17, 15) is 0 Å². The van der Waals surface area contributed by atoms with Gasteiger partial charge in [-0.25, -0.2) is 0 Å². The van der Waals surface area contributed by atoms with Crippen LogP contribution in [0.1, 0.15) is 12.5 Å². The molecule has 0 bridgehead atoms. The van der Waals surface area contributed by atoms with E-state index in [4.69, 9.17) is 9.47 Å². The van der Waals surface area contributed by atoms with E-state index in [2.05, 4.69) is 24.4 Å². The zero-order valence-electron chi connectivity index (χ0n) is 9.95. The summed E-state index contributed by atoms with van der Waals surface area (Å²) < 4.78 is 11.0. The van der Waals surface area contributed by atoms with Crippen LogP contribution in [0.3, 0.4) is 0 Å². The molecule has 0 spiro atoms. The van der Waals surface area contributed by atoms with Gasteiger partial charge in [0.25, 0.3) is 0 Å². The molecule has 1 aromatic carbocycles. The molecule has 0 aromatic heterocycles. The minimum atomic E-state index is 0.207. The van der Waals surface area contributed by atoms with E-state index in [0.29, 0.717) is 0 Å². The van der Waals surface area contributed by atoms with Gasteiger partial charge >= 0.3 is 0 Å². The van der Waals surface area contributed by atoms with Crippen LogP contribution >= 0.6 is 0 Å². The van der Waals surface area contributed by atoms with Crippen LogP contribution in [0.5, 0.6) is 5.75 Å². The SMILES string of the molecule is CNCc1cccc(OCC2(C)COC2)c1. The van der Waals surface area contributed by atoms with Crippen molar-refractivity contribution in [2.24, 2.45) is 5.41 Å². The first-order valence-electron chi connectivity index (χ1n) is 5.66. The fourth-order valence-electron chi connectivity index (χ4n) is 1.74. The fourth-order valence-corrected chi connectivity index (χ4v) is 1.74. The third-order valence-corrected chi connectivity index (χ3v) is 2.77. The maximum absolute atomic E-state index is 5.79. The maximum atomic E-state index is 5.79. The first-order chi connectivity index (χ1) is 7.72. The third kappa shape index (κ3) is 2.74. The molecule has 0 atom stereocenters. The molecule has 16 heavy (non-hydrogen) atoms. The molecule has 1 aromatic rings. The lowest BCUT2D eigenvalue weighted by Gasteiger charge is -2.37. The number of nitrogens with one attached hydrogen (secondary N) is 1. The second-order valence-corrected chi connectivity index (χ2v) is 4.77. The van der Waals surface area contributed by atoms with Gasteiger partial charge in [-0.2, -0.15) is 0 Å². The minimum absolute atomic E-state index is 0.207. The molecule has 1 heterocycles. The van der Waals surface area contributed by atoms with Gasteiger partial charge in [0.05, 0.1) is 19.8 Å². The van der Waals surface area contributed by atoms with Crippen LogP contribution < -0.4 is 10.1 Å². The van der Waals surface area contributed by atoms with Crippen LogP contribution in [0, 0.1) is 5.41 Å². The number of hydrogen-bond acceptors (Lipinski definition) is 3. The van der Waals surface area contributed by atoms with E-state index in [1.165, 1.54) is 5.56 Å². The molecular formula is C13H19NO2. The fraction of sp³-hybridized carbons (Fsp3) is 0.538. The molecule has 3 heteroatoms. The van der Waals surface area contributed by atoms with E-state index < -0.39 is 0 Å². The Morgan fingerprint density at radius 3 is 2.88 bits per heavy atom. The van der Waals surface area contributed by atoms with Crippen LogP contribution in [0.15, 0.2) is 24.3 Å². The lowest BCUT2D eigenvalue weighted by molar-refractivity contribution is -0.120. The van der Waals surface area contributed by atoms with E-state index in [-0.39, 0.29) is 5.41 Å². The van der Waals surface area contributed by atoms with Crippen molar-refractivity contribution in [2.75, 3.05) is 26.9 Å². The summed E-state index contributed by atoms with van der Waals surface area (Å²) in [6, 6.07) is 8.21. The molecule has 0 saturated carbocycles. The second-order valence-electron chi connectivity index (χ2n) is 4.77. The molecule has 1 N–H and O–H groups in total. The van der Waals surface area contributed by atoms with Gasteiger partial charge in [-0.15, -0.1) is 0 Å². The van der Waals surface area contributed by atoms with Crippen molar-refractivity contribution in [2.45, 2.75) is 13.5 Å². The largest absolute Gasteiger partial charge is 0.493 e. The standard InChI is InChI=1S/C13H19NO2/c1-13(8-15-9-13)10-16-12-5-3-4-11(6-12)7-14-2/h3-6,14H,7-10H2,1-2H3. The van der Waals surface area contributed by atoms with Gasteiger partial charge in [0.1, 0.15) is 5.75 Å². The van der Waals surface area contributed by atoms with Crippen LogP contribution in [-0.2, 0) is 11.3 Å². The highest BCUT2D eigenvalue weighted by atomic mass is 16.5. The Hall–Kier alpha value is -1.06. The predicted molar refractivity (Wildman–Crippen MR) is 63.6 cm³/mol. The smallest absolute Gasteiger partial charge is 0.119 e. The molecule has 0 unspecified atom stereocenters. The Morgan fingerprint density at radius 2 is 2.25 bits per heavy atom. The molecule has 0 amide bonds. The maximum Gasteiger partial charge on any atom is 0.119 e. The van der Waals surface area contributed by atoms with E-state index in [0.717, 1.165) is 32.1 Å². The molecule has 3 nitrogen and oxygen atoms in total. The topological polar surface area (TPSA) is 30.5 Å². The minimum Gasteiger partial charge on any atom is -0.493 e. The van der Waals surface area contributed by atoms with Crippen molar-refractivity contribution in [3.05, 3.63) is 29.8 Å². The molecule has 1 fully saturated rings. The summed E-state index contributed by atoms with van der Waals surface area (Å²) in [5.74, 6) is 0.945. The molecular weight excluding hydrogens is 202 g/mol. The molecule has 1 aliphatic rings. The molecule has 2 rings (SSSR count). The lowest BCUT2D eigenvalue weighted by Crippen LogP contribution is -2.44. The van der Waals surface area contributed by atoms with Crippen molar-refractivity contribution in [1.29, 1.82) is 0 Å². The number of benzene rings is 1. The third-order valence-electron chi connectivity index (χ3n) is 2.77. The summed E-state index contributed by atoms with van der Waals surface area (Å²) in [6.07, 6.45) is 0. The van der Waals surface area contributed by atoms with E-state index in [1.807, 2.05) is 19.2 Å². The Bertz CT molecular complexity index is 348. The summed E-state index contributed by atoms with van der Waals surface area (Å²) in [4.78, 5) is 0. The average Bonchev–Trinajstić information content (AvgIpc) is 2.25. The Labute approximate surface area is 96.8 Å². The Kier molecular flexibility index (Phi) is 3.46. The quantitative estimate of drug-likeness (QED) is 0.822. The highest BCUT2D eigenvalue weighted by Crippen LogP contribution is 2.27. The van der Waals surface area contributed by atoms with Gasteiger partial charge in [-0.3, -0.25) is 0 Å². The van der Waals surface area contributed by atoms with E-state index in [1.54, 1.807) is 0 Å². The van der Waals surface area contributed by atoms with Gasteiger partial charge in [-0.1, -0.05) is 19.1 Å². The Balaban J connectivity index is 1.90. The van der Waals surface area contributed by atoms with Crippen molar-refractivity contribution in [1.82, 2.24) is 5.32 Å². The van der Waals surface area contributed by atoms with Crippen molar-refractivity contribution in [3.63, 3.8) is 0 Å². The average molecular weight is 221 g/mol. The molecule has 1 saturated heterocycles. The molecule has 1 aliphatic heterocycles. The first kappa shape index (κ1) is 11.4. The summed E-state index contributed by atoms with van der Waals surface area (Å²) >= 11 is 0. The summed E-state index contributed by atoms with van der Waals surface area (Å²) in [5, 5.41) is 3.13. The lowest BCUT2D eigenvalue weighted by atomic mass is 9.90. The van der Waals surface area contributed by atoms with E-state index >= 15 is 0 Å². The summed E-state index contributed by atoms with van der Waals surface area (Å²) in [7, 11) is 1.94. The van der Waals surface area contributed by atoms with Crippen molar-refractivity contribution in [3.8, 4) is 5.75 Å². The number of rotatable bonds is 5. The monoisotopic (exact) mass is 221 g/mol. The zero-order valence-corrected chi connectivity index (χ0v) is 9.95. The summed E-state index contributed by atoms with van der Waals surface area (Å²) in [6.45, 7) is 5.41.